The van der Waals surface area contributed by atoms with Crippen molar-refractivity contribution in [1.29, 1.82) is 0 Å². The summed E-state index contributed by atoms with van der Waals surface area (Å²) in [5.74, 6) is 0.784. The Bertz CT molecular complexity index is 652. The van der Waals surface area contributed by atoms with Crippen LogP contribution in [0, 0.1) is 0 Å². The molecule has 2 N–H and O–H groups in total. The van der Waals surface area contributed by atoms with Gasteiger partial charge in [0.1, 0.15) is 5.75 Å². The van der Waals surface area contributed by atoms with Crippen LogP contribution in [-0.4, -0.2) is 38.5 Å². The summed E-state index contributed by atoms with van der Waals surface area (Å²) < 4.78 is 32.4. The first-order chi connectivity index (χ1) is 10.5. The van der Waals surface area contributed by atoms with Crippen molar-refractivity contribution in [3.8, 4) is 5.75 Å². The Morgan fingerprint density at radius 3 is 2.48 bits per heavy atom. The largest absolute Gasteiger partial charge is 0.495 e. The van der Waals surface area contributed by atoms with E-state index in [0.717, 1.165) is 0 Å². The molecule has 0 aliphatic carbocycles. The highest BCUT2D eigenvalue weighted by molar-refractivity contribution is 8.00. The van der Waals surface area contributed by atoms with Gasteiger partial charge in [0.05, 0.1) is 17.7 Å². The van der Waals surface area contributed by atoms with Gasteiger partial charge in [-0.15, -0.1) is 0 Å². The van der Waals surface area contributed by atoms with Gasteiger partial charge in [0.2, 0.25) is 15.9 Å². The predicted molar refractivity (Wildman–Crippen MR) is 94.7 cm³/mol. The molecule has 1 aromatic rings. The summed E-state index contributed by atoms with van der Waals surface area (Å²) in [6.45, 7) is 7.92. The van der Waals surface area contributed by atoms with Crippen LogP contribution in [0.3, 0.4) is 0 Å². The summed E-state index contributed by atoms with van der Waals surface area (Å²) in [6.07, 6.45) is 0. The fraction of sp³-hybridized carbons (Fsp3) is 0.533. The number of nitrogens with one attached hydrogen (secondary N) is 2. The molecule has 0 atom stereocenters. The lowest BCUT2D eigenvalue weighted by atomic mass is 10.3. The molecule has 23 heavy (non-hydrogen) atoms. The van der Waals surface area contributed by atoms with E-state index >= 15 is 0 Å². The standard InChI is InChI=1S/C15H24N2O4S2/c1-11(18)17-13-10-12(6-7-14(13)21-5)23(19,20)16-8-9-22-15(2,3)4/h6-7,10,16H,8-9H2,1-5H3,(H,17,18). The number of carbonyl (C=O) groups excluding carboxylic acids is 1. The summed E-state index contributed by atoms with van der Waals surface area (Å²) in [5, 5.41) is 2.56. The monoisotopic (exact) mass is 360 g/mol. The fourth-order valence-corrected chi connectivity index (χ4v) is 3.76. The molecule has 8 heteroatoms. The third kappa shape index (κ3) is 6.80. The molecule has 1 aromatic carbocycles. The van der Waals surface area contributed by atoms with Gasteiger partial charge in [-0.2, -0.15) is 11.8 Å². The van der Waals surface area contributed by atoms with Crippen LogP contribution >= 0.6 is 11.8 Å². The molecule has 0 radical (unpaired) electrons. The predicted octanol–water partition coefficient (Wildman–Crippen LogP) is 2.46. The van der Waals surface area contributed by atoms with Crippen molar-refractivity contribution in [3.05, 3.63) is 18.2 Å². The number of thioether (sulfide) groups is 1. The van der Waals surface area contributed by atoms with Crippen molar-refractivity contribution in [3.63, 3.8) is 0 Å². The van der Waals surface area contributed by atoms with Crippen LogP contribution in [-0.2, 0) is 14.8 Å². The van der Waals surface area contributed by atoms with Crippen molar-refractivity contribution in [2.75, 3.05) is 24.7 Å². The van der Waals surface area contributed by atoms with E-state index in [1.54, 1.807) is 11.8 Å². The molecule has 1 amide bonds. The first kappa shape index (κ1) is 19.8. The van der Waals surface area contributed by atoms with Crippen molar-refractivity contribution in [2.24, 2.45) is 0 Å². The van der Waals surface area contributed by atoms with E-state index in [0.29, 0.717) is 23.7 Å². The first-order valence-corrected chi connectivity index (χ1v) is 9.61. The highest BCUT2D eigenvalue weighted by Gasteiger charge is 2.17. The quantitative estimate of drug-likeness (QED) is 0.730. The minimum Gasteiger partial charge on any atom is -0.495 e. The number of hydrogen-bond acceptors (Lipinski definition) is 5. The maximum atomic E-state index is 12.3. The van der Waals surface area contributed by atoms with Gasteiger partial charge in [-0.3, -0.25) is 4.79 Å². The average Bonchev–Trinajstić information content (AvgIpc) is 2.42. The van der Waals surface area contributed by atoms with Gasteiger partial charge in [-0.25, -0.2) is 13.1 Å². The summed E-state index contributed by atoms with van der Waals surface area (Å²) in [5.41, 5.74) is 0.326. The van der Waals surface area contributed by atoms with Crippen LogP contribution in [0.2, 0.25) is 0 Å². The van der Waals surface area contributed by atoms with Crippen LogP contribution in [0.5, 0.6) is 5.75 Å². The molecular weight excluding hydrogens is 336 g/mol. The molecular formula is C15H24N2O4S2. The third-order valence-electron chi connectivity index (χ3n) is 2.72. The maximum absolute atomic E-state index is 12.3. The number of methoxy groups -OCH3 is 1. The number of benzene rings is 1. The Labute approximate surface area is 142 Å². The fourth-order valence-electron chi connectivity index (χ4n) is 1.76. The number of carbonyl (C=O) groups is 1. The van der Waals surface area contributed by atoms with E-state index in [1.165, 1.54) is 32.2 Å². The second-order valence-corrected chi connectivity index (χ2v) is 9.59. The Morgan fingerprint density at radius 2 is 1.96 bits per heavy atom. The van der Waals surface area contributed by atoms with E-state index < -0.39 is 10.0 Å². The molecule has 0 saturated heterocycles. The lowest BCUT2D eigenvalue weighted by Crippen LogP contribution is -2.27. The smallest absolute Gasteiger partial charge is 0.240 e. The molecule has 0 spiro atoms. The van der Waals surface area contributed by atoms with Gasteiger partial charge in [0, 0.05) is 24.0 Å². The third-order valence-corrected chi connectivity index (χ3v) is 5.45. The topological polar surface area (TPSA) is 84.5 Å². The number of sulfonamides is 1. The molecule has 0 aromatic heterocycles. The maximum Gasteiger partial charge on any atom is 0.240 e. The molecule has 0 heterocycles. The Hall–Kier alpha value is -1.25. The summed E-state index contributed by atoms with van der Waals surface area (Å²) in [4.78, 5) is 11.3. The van der Waals surface area contributed by atoms with E-state index in [-0.39, 0.29) is 15.5 Å². The highest BCUT2D eigenvalue weighted by atomic mass is 32.2. The summed E-state index contributed by atoms with van der Waals surface area (Å²) in [6, 6.07) is 4.35. The number of anilines is 1. The minimum absolute atomic E-state index is 0.0859. The first-order valence-electron chi connectivity index (χ1n) is 7.14. The zero-order chi connectivity index (χ0) is 17.7. The van der Waals surface area contributed by atoms with Crippen LogP contribution in [0.25, 0.3) is 0 Å². The number of hydrogen-bond donors (Lipinski definition) is 2. The zero-order valence-corrected chi connectivity index (χ0v) is 15.7. The molecule has 0 aliphatic heterocycles. The van der Waals surface area contributed by atoms with Crippen molar-refractivity contribution in [2.45, 2.75) is 37.3 Å². The number of rotatable bonds is 7. The van der Waals surface area contributed by atoms with Gasteiger partial charge >= 0.3 is 0 Å². The molecule has 6 nitrogen and oxygen atoms in total. The van der Waals surface area contributed by atoms with Gasteiger partial charge in [-0.05, 0) is 18.2 Å². The van der Waals surface area contributed by atoms with Crippen molar-refractivity contribution in [1.82, 2.24) is 4.72 Å². The number of amides is 1. The Morgan fingerprint density at radius 1 is 1.30 bits per heavy atom. The Balaban J connectivity index is 2.85. The van der Waals surface area contributed by atoms with Crippen molar-refractivity contribution >= 4 is 33.4 Å². The van der Waals surface area contributed by atoms with Gasteiger partial charge in [0.25, 0.3) is 0 Å². The molecule has 0 bridgehead atoms. The van der Waals surface area contributed by atoms with E-state index in [2.05, 4.69) is 30.8 Å². The van der Waals surface area contributed by atoms with E-state index in [4.69, 9.17) is 4.74 Å². The van der Waals surface area contributed by atoms with Crippen molar-refractivity contribution < 1.29 is 17.9 Å². The zero-order valence-electron chi connectivity index (χ0n) is 14.1. The summed E-state index contributed by atoms with van der Waals surface area (Å²) in [7, 11) is -2.18. The normalized spacial score (nSPS) is 12.0. The van der Waals surface area contributed by atoms with E-state index in [1.807, 2.05) is 0 Å². The van der Waals surface area contributed by atoms with Gasteiger partial charge < -0.3 is 10.1 Å². The van der Waals surface area contributed by atoms with E-state index in [9.17, 15) is 13.2 Å². The summed E-state index contributed by atoms with van der Waals surface area (Å²) >= 11 is 1.68. The SMILES string of the molecule is COc1ccc(S(=O)(=O)NCCSC(C)(C)C)cc1NC(C)=O. The second-order valence-electron chi connectivity index (χ2n) is 5.90. The molecule has 130 valence electrons. The molecule has 0 aliphatic rings. The lowest BCUT2D eigenvalue weighted by molar-refractivity contribution is -0.114. The molecule has 0 unspecified atom stereocenters. The molecule has 1 rings (SSSR count). The molecule has 0 fully saturated rings. The molecule has 0 saturated carbocycles. The van der Waals surface area contributed by atoms with Crippen LogP contribution in [0.1, 0.15) is 27.7 Å². The van der Waals surface area contributed by atoms with Crippen LogP contribution < -0.4 is 14.8 Å². The van der Waals surface area contributed by atoms with Crippen LogP contribution in [0.4, 0.5) is 5.69 Å². The van der Waals surface area contributed by atoms with Gasteiger partial charge in [0.15, 0.2) is 0 Å². The Kier molecular flexibility index (Phi) is 6.91. The second kappa shape index (κ2) is 8.03. The lowest BCUT2D eigenvalue weighted by Gasteiger charge is -2.17. The van der Waals surface area contributed by atoms with Crippen LogP contribution in [0.15, 0.2) is 23.1 Å². The number of ether oxygens (including phenoxy) is 1. The minimum atomic E-state index is -3.63. The highest BCUT2D eigenvalue weighted by Crippen LogP contribution is 2.27. The average molecular weight is 361 g/mol. The van der Waals surface area contributed by atoms with Gasteiger partial charge in [-0.1, -0.05) is 20.8 Å².